The number of nitrogens with two attached hydrogens (primary N) is 1. The summed E-state index contributed by atoms with van der Waals surface area (Å²) in [5.74, 6) is -5.00. The van der Waals surface area contributed by atoms with Crippen LogP contribution in [0.2, 0.25) is 0 Å². The van der Waals surface area contributed by atoms with E-state index in [9.17, 15) is 24.0 Å². The van der Waals surface area contributed by atoms with Crippen LogP contribution in [-0.4, -0.2) is 64.5 Å². The number of rotatable bonds is 13. The van der Waals surface area contributed by atoms with Gasteiger partial charge in [-0.05, 0) is 11.5 Å². The average molecular weight is 450 g/mol. The third kappa shape index (κ3) is 9.13. The Morgan fingerprint density at radius 1 is 0.938 bits per heavy atom. The summed E-state index contributed by atoms with van der Waals surface area (Å²) in [5, 5.41) is 24.9. The number of carbonyl (C=O) groups is 5. The van der Waals surface area contributed by atoms with Crippen LogP contribution >= 0.6 is 0 Å². The number of benzene rings is 1. The molecule has 0 radical (unpaired) electrons. The van der Waals surface area contributed by atoms with Crippen molar-refractivity contribution < 1.29 is 34.2 Å². The van der Waals surface area contributed by atoms with Crippen LogP contribution in [0.1, 0.15) is 32.3 Å². The van der Waals surface area contributed by atoms with E-state index >= 15 is 0 Å². The smallest absolute Gasteiger partial charge is 0.322 e. The lowest BCUT2D eigenvalue weighted by atomic mass is 9.96. The Hall–Kier alpha value is -3.47. The molecule has 1 aromatic rings. The van der Waals surface area contributed by atoms with E-state index in [1.165, 1.54) is 0 Å². The Morgan fingerprint density at radius 2 is 1.56 bits per heavy atom. The first kappa shape index (κ1) is 26.6. The monoisotopic (exact) mass is 450 g/mol. The topological polar surface area (TPSA) is 188 Å². The number of amides is 3. The minimum atomic E-state index is -1.34. The number of carbonyl (C=O) groups excluding carboxylic acids is 3. The molecule has 176 valence electrons. The van der Waals surface area contributed by atoms with Crippen LogP contribution in [0.3, 0.4) is 0 Å². The second-order valence-electron chi connectivity index (χ2n) is 7.44. The normalized spacial score (nSPS) is 14.3. The average Bonchev–Trinajstić information content (AvgIpc) is 2.74. The van der Waals surface area contributed by atoms with Crippen molar-refractivity contribution >= 4 is 29.7 Å². The molecule has 0 fully saturated rings. The fraction of sp³-hybridized carbons (Fsp3) is 0.476. The molecule has 0 bridgehead atoms. The van der Waals surface area contributed by atoms with Crippen LogP contribution in [0.4, 0.5) is 0 Å². The lowest BCUT2D eigenvalue weighted by Gasteiger charge is -2.27. The van der Waals surface area contributed by atoms with Gasteiger partial charge < -0.3 is 31.9 Å². The Bertz CT molecular complexity index is 816. The molecule has 7 N–H and O–H groups in total. The molecule has 1 aromatic carbocycles. The third-order valence-electron chi connectivity index (χ3n) is 4.85. The summed E-state index contributed by atoms with van der Waals surface area (Å²) in [4.78, 5) is 59.4. The summed E-state index contributed by atoms with van der Waals surface area (Å²) in [7, 11) is 0. The van der Waals surface area contributed by atoms with E-state index < -0.39 is 60.8 Å². The maximum absolute atomic E-state index is 13.0. The van der Waals surface area contributed by atoms with Crippen LogP contribution in [0.25, 0.3) is 0 Å². The van der Waals surface area contributed by atoms with Crippen LogP contribution < -0.4 is 21.7 Å². The molecule has 11 nitrogen and oxygen atoms in total. The number of aliphatic carboxylic acids is 2. The number of nitrogens with one attached hydrogen (secondary N) is 3. The van der Waals surface area contributed by atoms with E-state index in [2.05, 4.69) is 16.0 Å². The van der Waals surface area contributed by atoms with Crippen LogP contribution in [0.15, 0.2) is 30.3 Å². The minimum absolute atomic E-state index is 0.0950. The molecule has 32 heavy (non-hydrogen) atoms. The predicted molar refractivity (Wildman–Crippen MR) is 114 cm³/mol. The highest BCUT2D eigenvalue weighted by atomic mass is 16.4. The highest BCUT2D eigenvalue weighted by Gasteiger charge is 2.31. The van der Waals surface area contributed by atoms with Crippen molar-refractivity contribution in [3.05, 3.63) is 35.9 Å². The van der Waals surface area contributed by atoms with Crippen molar-refractivity contribution in [2.75, 3.05) is 6.54 Å². The SMILES string of the molecule is CCC(C)C(NC(=O)C(N)CC(=O)O)C(=O)NC(Cc1ccccc1)C(=O)NCC(=O)O. The van der Waals surface area contributed by atoms with Gasteiger partial charge in [0.15, 0.2) is 0 Å². The van der Waals surface area contributed by atoms with Crippen molar-refractivity contribution in [3.63, 3.8) is 0 Å². The molecule has 0 aliphatic rings. The van der Waals surface area contributed by atoms with Crippen molar-refractivity contribution in [1.82, 2.24) is 16.0 Å². The summed E-state index contributed by atoms with van der Waals surface area (Å²) >= 11 is 0. The molecule has 0 saturated carbocycles. The number of hydrogen-bond donors (Lipinski definition) is 6. The van der Waals surface area contributed by atoms with Gasteiger partial charge in [0.2, 0.25) is 17.7 Å². The molecule has 11 heteroatoms. The number of carboxylic acids is 2. The zero-order valence-electron chi connectivity index (χ0n) is 18.0. The van der Waals surface area contributed by atoms with E-state index in [0.717, 1.165) is 5.56 Å². The molecule has 0 aliphatic heterocycles. The Kier molecular flexibility index (Phi) is 10.8. The summed E-state index contributed by atoms with van der Waals surface area (Å²) in [6.45, 7) is 2.90. The van der Waals surface area contributed by atoms with Gasteiger partial charge in [-0.2, -0.15) is 0 Å². The molecular formula is C21H30N4O7. The summed E-state index contributed by atoms with van der Waals surface area (Å²) in [6, 6.07) is 5.30. The van der Waals surface area contributed by atoms with E-state index in [-0.39, 0.29) is 12.3 Å². The fourth-order valence-corrected chi connectivity index (χ4v) is 2.85. The molecule has 0 aromatic heterocycles. The first-order valence-corrected chi connectivity index (χ1v) is 10.2. The van der Waals surface area contributed by atoms with Crippen molar-refractivity contribution in [3.8, 4) is 0 Å². The minimum Gasteiger partial charge on any atom is -0.481 e. The molecule has 0 saturated heterocycles. The van der Waals surface area contributed by atoms with Crippen LogP contribution in [-0.2, 0) is 30.4 Å². The second-order valence-corrected chi connectivity index (χ2v) is 7.44. The zero-order valence-corrected chi connectivity index (χ0v) is 18.0. The van der Waals surface area contributed by atoms with Gasteiger partial charge in [0.05, 0.1) is 12.5 Å². The van der Waals surface area contributed by atoms with Gasteiger partial charge in [-0.15, -0.1) is 0 Å². The third-order valence-corrected chi connectivity index (χ3v) is 4.85. The fourth-order valence-electron chi connectivity index (χ4n) is 2.85. The van der Waals surface area contributed by atoms with Crippen molar-refractivity contribution in [2.24, 2.45) is 11.7 Å². The summed E-state index contributed by atoms with van der Waals surface area (Å²) in [6.07, 6.45) is -0.00621. The van der Waals surface area contributed by atoms with Crippen molar-refractivity contribution in [1.29, 1.82) is 0 Å². The Balaban J connectivity index is 3.01. The summed E-state index contributed by atoms with van der Waals surface area (Å²) < 4.78 is 0. The molecule has 0 aliphatic carbocycles. The molecular weight excluding hydrogens is 420 g/mol. The molecule has 4 unspecified atom stereocenters. The zero-order chi connectivity index (χ0) is 24.3. The quantitative estimate of drug-likeness (QED) is 0.226. The van der Waals surface area contributed by atoms with Crippen LogP contribution in [0, 0.1) is 5.92 Å². The molecule has 3 amide bonds. The molecule has 0 spiro atoms. The molecule has 0 heterocycles. The Morgan fingerprint density at radius 3 is 2.09 bits per heavy atom. The van der Waals surface area contributed by atoms with E-state index in [0.29, 0.717) is 6.42 Å². The van der Waals surface area contributed by atoms with Crippen molar-refractivity contribution in [2.45, 2.75) is 51.2 Å². The first-order valence-electron chi connectivity index (χ1n) is 10.2. The highest BCUT2D eigenvalue weighted by molar-refractivity contribution is 5.94. The van der Waals surface area contributed by atoms with Gasteiger partial charge in [0.25, 0.3) is 0 Å². The lowest BCUT2D eigenvalue weighted by molar-refractivity contribution is -0.140. The standard InChI is InChI=1S/C21H30N4O7/c1-3-12(2)18(25-19(30)14(22)10-16(26)27)21(32)24-15(20(31)23-11-17(28)29)9-13-7-5-4-6-8-13/h4-8,12,14-15,18H,3,9-11,22H2,1-2H3,(H,23,31)(H,24,32)(H,25,30)(H,26,27)(H,28,29). The maximum atomic E-state index is 13.0. The van der Waals surface area contributed by atoms with Gasteiger partial charge in [0, 0.05) is 6.42 Å². The van der Waals surface area contributed by atoms with E-state index in [1.807, 2.05) is 0 Å². The molecule has 4 atom stereocenters. The summed E-state index contributed by atoms with van der Waals surface area (Å²) in [5.41, 5.74) is 6.32. The van der Waals surface area contributed by atoms with Crippen LogP contribution in [0.5, 0.6) is 0 Å². The number of carboxylic acid groups (broad SMARTS) is 2. The van der Waals surface area contributed by atoms with E-state index in [4.69, 9.17) is 15.9 Å². The van der Waals surface area contributed by atoms with E-state index in [1.54, 1.807) is 44.2 Å². The Labute approximate surface area is 185 Å². The van der Waals surface area contributed by atoms with Gasteiger partial charge in [-0.25, -0.2) is 0 Å². The van der Waals surface area contributed by atoms with Gasteiger partial charge in [0.1, 0.15) is 18.6 Å². The molecule has 1 rings (SSSR count). The van der Waals surface area contributed by atoms with Gasteiger partial charge in [-0.1, -0.05) is 50.6 Å². The highest BCUT2D eigenvalue weighted by Crippen LogP contribution is 2.10. The maximum Gasteiger partial charge on any atom is 0.322 e. The largest absolute Gasteiger partial charge is 0.481 e. The predicted octanol–water partition coefficient (Wildman–Crippen LogP) is -0.752. The van der Waals surface area contributed by atoms with Gasteiger partial charge >= 0.3 is 11.9 Å². The number of hydrogen-bond acceptors (Lipinski definition) is 6. The first-order chi connectivity index (χ1) is 15.0. The second kappa shape index (κ2) is 13.1. The van der Waals surface area contributed by atoms with Gasteiger partial charge in [-0.3, -0.25) is 24.0 Å². The lowest BCUT2D eigenvalue weighted by Crippen LogP contribution is -2.58.